The molecular weight excluding hydrogens is 306 g/mol. The Labute approximate surface area is 131 Å². The van der Waals surface area contributed by atoms with E-state index in [0.717, 1.165) is 25.7 Å². The highest BCUT2D eigenvalue weighted by Gasteiger charge is 2.36. The number of hydrogen-bond acceptors (Lipinski definition) is 5. The van der Waals surface area contributed by atoms with Crippen molar-refractivity contribution in [1.29, 1.82) is 0 Å². The average molecular weight is 331 g/mol. The van der Waals surface area contributed by atoms with Crippen molar-refractivity contribution in [3.63, 3.8) is 0 Å². The molecule has 0 spiro atoms. The van der Waals surface area contributed by atoms with Crippen molar-refractivity contribution >= 4 is 10.0 Å². The molecular formula is C14H25N3O4S. The van der Waals surface area contributed by atoms with E-state index in [1.54, 1.807) is 4.57 Å². The molecule has 0 aromatic carbocycles. The molecule has 1 heterocycles. The second kappa shape index (κ2) is 7.08. The van der Waals surface area contributed by atoms with Crippen LogP contribution in [0.1, 0.15) is 45.6 Å². The molecule has 2 rings (SSSR count). The quantitative estimate of drug-likeness (QED) is 0.743. The number of imidazole rings is 1. The Morgan fingerprint density at radius 3 is 2.68 bits per heavy atom. The summed E-state index contributed by atoms with van der Waals surface area (Å²) in [5.74, 6) is 0. The van der Waals surface area contributed by atoms with Gasteiger partial charge in [-0.1, -0.05) is 12.8 Å². The van der Waals surface area contributed by atoms with Crippen molar-refractivity contribution in [3.05, 3.63) is 12.5 Å². The Morgan fingerprint density at radius 2 is 2.14 bits per heavy atom. The summed E-state index contributed by atoms with van der Waals surface area (Å²) in [7, 11) is -3.65. The van der Waals surface area contributed by atoms with Gasteiger partial charge in [0, 0.05) is 18.8 Å². The molecule has 0 saturated heterocycles. The van der Waals surface area contributed by atoms with Crippen molar-refractivity contribution in [2.45, 2.75) is 56.2 Å². The molecule has 0 aliphatic heterocycles. The maximum absolute atomic E-state index is 12.3. The molecule has 1 saturated carbocycles. The number of nitrogens with zero attached hydrogens (tertiary/aromatic N) is 2. The first-order chi connectivity index (χ1) is 10.4. The SMILES string of the molecule is CC(C)n1cnc(S(=O)(=O)NCC2(OCCO)CCCC2)c1. The predicted molar refractivity (Wildman–Crippen MR) is 82.0 cm³/mol. The lowest BCUT2D eigenvalue weighted by Crippen LogP contribution is -2.43. The fraction of sp³-hybridized carbons (Fsp3) is 0.786. The topological polar surface area (TPSA) is 93.5 Å². The van der Waals surface area contributed by atoms with E-state index < -0.39 is 15.6 Å². The minimum atomic E-state index is -3.65. The van der Waals surface area contributed by atoms with Crippen LogP contribution in [0, 0.1) is 0 Å². The maximum Gasteiger partial charge on any atom is 0.259 e. The van der Waals surface area contributed by atoms with E-state index >= 15 is 0 Å². The summed E-state index contributed by atoms with van der Waals surface area (Å²) in [4.78, 5) is 3.97. The molecule has 1 fully saturated rings. The number of hydrogen-bond donors (Lipinski definition) is 2. The molecule has 126 valence electrons. The van der Waals surface area contributed by atoms with Crippen LogP contribution in [0.3, 0.4) is 0 Å². The van der Waals surface area contributed by atoms with Crippen LogP contribution in [0.25, 0.3) is 0 Å². The maximum atomic E-state index is 12.3. The van der Waals surface area contributed by atoms with Gasteiger partial charge in [-0.2, -0.15) is 0 Å². The van der Waals surface area contributed by atoms with E-state index in [2.05, 4.69) is 9.71 Å². The summed E-state index contributed by atoms with van der Waals surface area (Å²) in [5, 5.41) is 8.95. The minimum Gasteiger partial charge on any atom is -0.394 e. The molecule has 8 heteroatoms. The lowest BCUT2D eigenvalue weighted by atomic mass is 10.0. The van der Waals surface area contributed by atoms with Crippen molar-refractivity contribution in [1.82, 2.24) is 14.3 Å². The van der Waals surface area contributed by atoms with Crippen molar-refractivity contribution < 1.29 is 18.3 Å². The Balaban J connectivity index is 2.04. The van der Waals surface area contributed by atoms with Gasteiger partial charge in [0.25, 0.3) is 10.0 Å². The van der Waals surface area contributed by atoms with Gasteiger partial charge in [-0.05, 0) is 26.7 Å². The summed E-state index contributed by atoms with van der Waals surface area (Å²) in [6.07, 6.45) is 6.67. The van der Waals surface area contributed by atoms with Crippen LogP contribution in [-0.4, -0.2) is 48.4 Å². The van der Waals surface area contributed by atoms with Gasteiger partial charge in [-0.15, -0.1) is 0 Å². The predicted octanol–water partition coefficient (Wildman–Crippen LogP) is 1.06. The number of aliphatic hydroxyl groups excluding tert-OH is 1. The first-order valence-electron chi connectivity index (χ1n) is 7.66. The molecule has 0 bridgehead atoms. The molecule has 2 N–H and O–H groups in total. The molecule has 1 aliphatic rings. The number of sulfonamides is 1. The van der Waals surface area contributed by atoms with E-state index in [9.17, 15) is 8.42 Å². The molecule has 22 heavy (non-hydrogen) atoms. The van der Waals surface area contributed by atoms with Crippen LogP contribution in [0.2, 0.25) is 0 Å². The Kier molecular flexibility index (Phi) is 5.60. The van der Waals surface area contributed by atoms with Crippen LogP contribution in [0.4, 0.5) is 0 Å². The van der Waals surface area contributed by atoms with Crippen LogP contribution >= 0.6 is 0 Å². The van der Waals surface area contributed by atoms with E-state index in [-0.39, 0.29) is 30.8 Å². The van der Waals surface area contributed by atoms with Gasteiger partial charge in [0.05, 0.1) is 25.1 Å². The van der Waals surface area contributed by atoms with Crippen LogP contribution in [0.15, 0.2) is 17.6 Å². The molecule has 0 amide bonds. The van der Waals surface area contributed by atoms with E-state index in [1.807, 2.05) is 13.8 Å². The lowest BCUT2D eigenvalue weighted by molar-refractivity contribution is -0.0492. The summed E-state index contributed by atoms with van der Waals surface area (Å²) >= 11 is 0. The number of rotatable bonds is 8. The van der Waals surface area contributed by atoms with Crippen LogP contribution < -0.4 is 4.72 Å². The Bertz CT molecular complexity index is 577. The van der Waals surface area contributed by atoms with Crippen molar-refractivity contribution in [2.75, 3.05) is 19.8 Å². The van der Waals surface area contributed by atoms with Crippen LogP contribution in [0.5, 0.6) is 0 Å². The number of aliphatic hydroxyl groups is 1. The monoisotopic (exact) mass is 331 g/mol. The first-order valence-corrected chi connectivity index (χ1v) is 9.15. The van der Waals surface area contributed by atoms with E-state index in [0.29, 0.717) is 0 Å². The number of ether oxygens (including phenoxy) is 1. The summed E-state index contributed by atoms with van der Waals surface area (Å²) in [6, 6.07) is 0.158. The van der Waals surface area contributed by atoms with Gasteiger partial charge in [0.1, 0.15) is 0 Å². The third-order valence-electron chi connectivity index (χ3n) is 4.05. The summed E-state index contributed by atoms with van der Waals surface area (Å²) in [5.41, 5.74) is -0.504. The molecule has 1 aromatic heterocycles. The highest BCUT2D eigenvalue weighted by molar-refractivity contribution is 7.89. The van der Waals surface area contributed by atoms with Gasteiger partial charge in [-0.25, -0.2) is 18.1 Å². The largest absolute Gasteiger partial charge is 0.394 e. The summed E-state index contributed by atoms with van der Waals surface area (Å²) in [6.45, 7) is 4.30. The van der Waals surface area contributed by atoms with E-state index in [1.165, 1.54) is 12.5 Å². The van der Waals surface area contributed by atoms with Crippen molar-refractivity contribution in [2.24, 2.45) is 0 Å². The molecule has 0 atom stereocenters. The highest BCUT2D eigenvalue weighted by atomic mass is 32.2. The normalized spacial score (nSPS) is 18.2. The zero-order valence-corrected chi connectivity index (χ0v) is 14.0. The van der Waals surface area contributed by atoms with Gasteiger partial charge in [-0.3, -0.25) is 0 Å². The number of nitrogens with one attached hydrogen (secondary N) is 1. The minimum absolute atomic E-state index is 0.0245. The molecule has 1 aliphatic carbocycles. The average Bonchev–Trinajstić information content (AvgIpc) is 3.13. The zero-order chi connectivity index (χ0) is 16.2. The van der Waals surface area contributed by atoms with Crippen LogP contribution in [-0.2, 0) is 14.8 Å². The highest BCUT2D eigenvalue weighted by Crippen LogP contribution is 2.33. The molecule has 7 nitrogen and oxygen atoms in total. The first kappa shape index (κ1) is 17.4. The lowest BCUT2D eigenvalue weighted by Gasteiger charge is -2.29. The molecule has 0 unspecified atom stereocenters. The fourth-order valence-corrected chi connectivity index (χ4v) is 3.74. The van der Waals surface area contributed by atoms with Gasteiger partial charge < -0.3 is 14.4 Å². The second-order valence-corrected chi connectivity index (χ2v) is 7.75. The molecule has 0 radical (unpaired) electrons. The van der Waals surface area contributed by atoms with Gasteiger partial charge in [0.15, 0.2) is 5.03 Å². The van der Waals surface area contributed by atoms with Crippen molar-refractivity contribution in [3.8, 4) is 0 Å². The smallest absolute Gasteiger partial charge is 0.259 e. The van der Waals surface area contributed by atoms with Gasteiger partial charge >= 0.3 is 0 Å². The third-order valence-corrected chi connectivity index (χ3v) is 5.33. The second-order valence-electron chi connectivity index (χ2n) is 6.04. The zero-order valence-electron chi connectivity index (χ0n) is 13.2. The van der Waals surface area contributed by atoms with Gasteiger partial charge in [0.2, 0.25) is 0 Å². The summed E-state index contributed by atoms with van der Waals surface area (Å²) < 4.78 is 34.8. The molecule has 1 aromatic rings. The third kappa shape index (κ3) is 4.07. The van der Waals surface area contributed by atoms with E-state index in [4.69, 9.17) is 9.84 Å². The Hall–Kier alpha value is -0.960. The number of aromatic nitrogens is 2. The standard InChI is InChI=1S/C14H25N3O4S/c1-12(2)17-9-13(15-11-17)22(19,20)16-10-14(21-8-7-18)5-3-4-6-14/h9,11-12,16,18H,3-8,10H2,1-2H3. The fourth-order valence-electron chi connectivity index (χ4n) is 2.69. The Morgan fingerprint density at radius 1 is 1.45 bits per heavy atom.